The van der Waals surface area contributed by atoms with Crippen molar-refractivity contribution in [2.24, 2.45) is 0 Å². The van der Waals surface area contributed by atoms with E-state index in [4.69, 9.17) is 0 Å². The third-order valence-corrected chi connectivity index (χ3v) is 4.08. The van der Waals surface area contributed by atoms with Crippen molar-refractivity contribution in [2.75, 3.05) is 26.2 Å². The molecule has 0 heterocycles. The molecule has 0 aliphatic rings. The Labute approximate surface area is 287 Å². The van der Waals surface area contributed by atoms with Gasteiger partial charge in [-0.25, -0.2) is 24.7 Å². The zero-order valence-corrected chi connectivity index (χ0v) is 34.1. The van der Waals surface area contributed by atoms with Gasteiger partial charge in [0.15, 0.2) is 0 Å². The standard InChI is InChI=1S/4C8H18N2.2Cr/c4*1-6-9-7(2)10-8(3,4)5;;/h4*7H,6H2,1-5H3;;/q4*-2;2*+4. The molecule has 0 rings (SSSR count). The fraction of sp³-hybridized carbons (Fsp3) is 1.00. The molecule has 0 aliphatic heterocycles. The van der Waals surface area contributed by atoms with Gasteiger partial charge >= 0.3 is 34.7 Å². The van der Waals surface area contributed by atoms with Gasteiger partial charge in [-0.2, -0.15) is 26.2 Å². The first-order valence-corrected chi connectivity index (χ1v) is 15.4. The largest absolute Gasteiger partial charge is 4.00 e. The third-order valence-electron chi connectivity index (χ3n) is 4.08. The molecule has 0 amide bonds. The molecule has 0 aliphatic carbocycles. The van der Waals surface area contributed by atoms with Crippen molar-refractivity contribution < 1.29 is 34.7 Å². The first-order chi connectivity index (χ1) is 17.8. The van der Waals surface area contributed by atoms with Crippen molar-refractivity contribution in [2.45, 2.75) is 185 Å². The van der Waals surface area contributed by atoms with E-state index in [0.29, 0.717) is 0 Å². The second-order valence-electron chi connectivity index (χ2n) is 13.7. The van der Waals surface area contributed by atoms with E-state index in [2.05, 4.69) is 126 Å². The normalized spacial score (nSPS) is 14.6. The van der Waals surface area contributed by atoms with Gasteiger partial charge in [0, 0.05) is 0 Å². The van der Waals surface area contributed by atoms with Gasteiger partial charge in [-0.3, -0.25) is 0 Å². The molecule has 4 unspecified atom stereocenters. The van der Waals surface area contributed by atoms with Crippen molar-refractivity contribution in [3.8, 4) is 0 Å². The summed E-state index contributed by atoms with van der Waals surface area (Å²) in [5.41, 5.74) is 0.215. The van der Waals surface area contributed by atoms with Gasteiger partial charge < -0.3 is 42.5 Å². The Morgan fingerprint density at radius 2 is 0.452 bits per heavy atom. The van der Waals surface area contributed by atoms with Crippen molar-refractivity contribution in [3.63, 3.8) is 0 Å². The van der Waals surface area contributed by atoms with Crippen LogP contribution < -0.4 is 0 Å². The molecule has 0 bridgehead atoms. The predicted octanol–water partition coefficient (Wildman–Crippen LogP) is 11.6. The van der Waals surface area contributed by atoms with Crippen molar-refractivity contribution in [1.29, 1.82) is 0 Å². The van der Waals surface area contributed by atoms with Crippen LogP contribution in [-0.4, -0.2) is 73.0 Å². The minimum absolute atomic E-state index is 0. The number of rotatable bonds is 12. The topological polar surface area (TPSA) is 113 Å². The van der Waals surface area contributed by atoms with Crippen LogP contribution in [0.15, 0.2) is 0 Å². The Morgan fingerprint density at radius 3 is 0.524 bits per heavy atom. The molecule has 0 aromatic carbocycles. The zero-order chi connectivity index (χ0) is 32.8. The van der Waals surface area contributed by atoms with Crippen molar-refractivity contribution >= 4 is 0 Å². The molecule has 252 valence electrons. The summed E-state index contributed by atoms with van der Waals surface area (Å²) in [6, 6.07) is 0. The fourth-order valence-corrected chi connectivity index (χ4v) is 3.46. The van der Waals surface area contributed by atoms with E-state index < -0.39 is 0 Å². The van der Waals surface area contributed by atoms with E-state index >= 15 is 0 Å². The molecule has 4 atom stereocenters. The van der Waals surface area contributed by atoms with Crippen molar-refractivity contribution in [1.82, 2.24) is 0 Å². The SMILES string of the molecule is CC[N-]C(C)[N-]C(C)(C)C.CC[N-]C(C)[N-]C(C)(C)C.CC[N-]C(C)[N-]C(C)(C)C.CC[N-]C(C)[N-]C(C)(C)C.[Cr+4].[Cr+4]. The van der Waals surface area contributed by atoms with Gasteiger partial charge in [-0.05, 0) is 0 Å². The van der Waals surface area contributed by atoms with E-state index in [1.165, 1.54) is 0 Å². The molecule has 0 saturated heterocycles. The smallest absolute Gasteiger partial charge is 0.678 e. The molecular formula is C32H72Cr2N8. The number of hydrogen-bond acceptors (Lipinski definition) is 0. The average molecular weight is 673 g/mol. The average Bonchev–Trinajstić information content (AvgIpc) is 2.64. The summed E-state index contributed by atoms with van der Waals surface area (Å²) < 4.78 is 0. The molecule has 10 heteroatoms. The number of hydrogen-bond donors (Lipinski definition) is 0. The molecule has 0 aromatic rings. The molecule has 8 nitrogen and oxygen atoms in total. The molecule has 0 spiro atoms. The summed E-state index contributed by atoms with van der Waals surface area (Å²) in [6.07, 6.45) is 0.630. The van der Waals surface area contributed by atoms with Gasteiger partial charge in [-0.1, -0.05) is 111 Å². The minimum atomic E-state index is 0. The minimum Gasteiger partial charge on any atom is -0.678 e. The van der Waals surface area contributed by atoms with Gasteiger partial charge in [0.2, 0.25) is 0 Å². The third kappa shape index (κ3) is 60.0. The van der Waals surface area contributed by atoms with Crippen LogP contribution in [0, 0.1) is 0 Å². The van der Waals surface area contributed by atoms with Crippen LogP contribution in [0.2, 0.25) is 0 Å². The second kappa shape index (κ2) is 29.2. The molecule has 0 saturated carbocycles. The van der Waals surface area contributed by atoms with E-state index in [-0.39, 0.29) is 81.5 Å². The van der Waals surface area contributed by atoms with Crippen molar-refractivity contribution in [3.05, 3.63) is 42.5 Å². The van der Waals surface area contributed by atoms with Gasteiger partial charge in [0.1, 0.15) is 0 Å². The summed E-state index contributed by atoms with van der Waals surface area (Å²) in [7, 11) is 0. The molecule has 0 aromatic heterocycles. The second-order valence-corrected chi connectivity index (χ2v) is 13.7. The maximum absolute atomic E-state index is 4.43. The van der Waals surface area contributed by atoms with E-state index in [1.54, 1.807) is 0 Å². The van der Waals surface area contributed by atoms with Crippen LogP contribution >= 0.6 is 0 Å². The van der Waals surface area contributed by atoms with Crippen LogP contribution in [-0.2, 0) is 34.7 Å². The van der Waals surface area contributed by atoms with Gasteiger partial charge in [0.05, 0.1) is 0 Å². The summed E-state index contributed by atoms with van der Waals surface area (Å²) >= 11 is 0. The Kier molecular flexibility index (Phi) is 38.3. The maximum atomic E-state index is 4.43. The van der Waals surface area contributed by atoms with Gasteiger partial charge in [0.25, 0.3) is 0 Å². The van der Waals surface area contributed by atoms with E-state index in [9.17, 15) is 0 Å². The summed E-state index contributed by atoms with van der Waals surface area (Å²) in [5, 5.41) is 34.7. The Balaban J connectivity index is -0.000000101. The molecule has 42 heavy (non-hydrogen) atoms. The molecule has 0 fully saturated rings. The Hall–Kier alpha value is 0.745. The zero-order valence-electron chi connectivity index (χ0n) is 31.5. The van der Waals surface area contributed by atoms with Crippen LogP contribution in [0.5, 0.6) is 0 Å². The molecule has 0 radical (unpaired) electrons. The fourth-order valence-electron chi connectivity index (χ4n) is 3.46. The quantitative estimate of drug-likeness (QED) is 0.196. The molecule has 0 N–H and O–H groups in total. The maximum Gasteiger partial charge on any atom is 4.00 e. The monoisotopic (exact) mass is 672 g/mol. The first kappa shape index (κ1) is 55.2. The van der Waals surface area contributed by atoms with E-state index in [1.807, 2.05) is 55.4 Å². The first-order valence-electron chi connectivity index (χ1n) is 15.4. The predicted molar refractivity (Wildman–Crippen MR) is 186 cm³/mol. The number of nitrogens with zero attached hydrogens (tertiary/aromatic N) is 8. The van der Waals surface area contributed by atoms with Crippen LogP contribution in [0.4, 0.5) is 0 Å². The summed E-state index contributed by atoms with van der Waals surface area (Å²) in [5.74, 6) is 0. The Bertz CT molecular complexity index is 443. The summed E-state index contributed by atoms with van der Waals surface area (Å²) in [4.78, 5) is 0. The van der Waals surface area contributed by atoms with Crippen LogP contribution in [0.3, 0.4) is 0 Å². The van der Waals surface area contributed by atoms with Crippen LogP contribution in [0.1, 0.15) is 138 Å². The van der Waals surface area contributed by atoms with E-state index in [0.717, 1.165) is 26.2 Å². The van der Waals surface area contributed by atoms with Crippen LogP contribution in [0.25, 0.3) is 42.5 Å². The Morgan fingerprint density at radius 1 is 0.333 bits per heavy atom. The molecular weight excluding hydrogens is 600 g/mol. The summed E-state index contributed by atoms with van der Waals surface area (Å²) in [6.45, 7) is 44.8. The van der Waals surface area contributed by atoms with Gasteiger partial charge in [-0.15, -0.1) is 49.9 Å².